The highest BCUT2D eigenvalue weighted by molar-refractivity contribution is 5.72. The van der Waals surface area contributed by atoms with Crippen LogP contribution in [-0.4, -0.2) is 36.3 Å². The molecule has 2 fully saturated rings. The monoisotopic (exact) mass is 353 g/mol. The molecular weight excluding hydrogens is 318 g/mol. The molecule has 2 bridgehead atoms. The number of hydrogen-bond donors (Lipinski definition) is 0. The fourth-order valence-electron chi connectivity index (χ4n) is 5.16. The first-order valence-electron chi connectivity index (χ1n) is 9.59. The molecule has 5 nitrogen and oxygen atoms in total. The van der Waals surface area contributed by atoms with Crippen LogP contribution in [0.5, 0.6) is 0 Å². The van der Waals surface area contributed by atoms with Crippen LogP contribution >= 0.6 is 0 Å². The normalized spacial score (nSPS) is 31.0. The average Bonchev–Trinajstić information content (AvgIpc) is 3.08. The largest absolute Gasteiger partial charge is 0.428 e. The Balaban J connectivity index is 1.88. The second-order valence-electron chi connectivity index (χ2n) is 9.16. The van der Waals surface area contributed by atoms with Gasteiger partial charge in [0.1, 0.15) is 0 Å². The number of hydrogen-bond acceptors (Lipinski definition) is 4. The Hall–Kier alpha value is -1.26. The highest BCUT2D eigenvalue weighted by atomic mass is 16.7. The Bertz CT molecular complexity index is 516. The van der Waals surface area contributed by atoms with Crippen molar-refractivity contribution in [3.05, 3.63) is 0 Å². The fourth-order valence-corrected chi connectivity index (χ4v) is 5.16. The molecule has 4 unspecified atom stereocenters. The van der Waals surface area contributed by atoms with Crippen LogP contribution in [0.25, 0.3) is 0 Å². The number of rotatable bonds is 6. The summed E-state index contributed by atoms with van der Waals surface area (Å²) in [4.78, 5) is 26.2. The van der Waals surface area contributed by atoms with Crippen LogP contribution < -0.4 is 0 Å². The van der Waals surface area contributed by atoms with Gasteiger partial charge in [-0.3, -0.25) is 4.79 Å². The summed E-state index contributed by atoms with van der Waals surface area (Å²) >= 11 is 0. The van der Waals surface area contributed by atoms with E-state index in [0.29, 0.717) is 17.8 Å². The van der Waals surface area contributed by atoms with Crippen LogP contribution in [0.2, 0.25) is 0 Å². The van der Waals surface area contributed by atoms with Crippen molar-refractivity contribution in [2.45, 2.75) is 72.8 Å². The second kappa shape index (κ2) is 7.16. The van der Waals surface area contributed by atoms with Crippen LogP contribution in [0.3, 0.4) is 0 Å². The van der Waals surface area contributed by atoms with Crippen LogP contribution in [-0.2, 0) is 14.3 Å². The maximum Gasteiger partial charge on any atom is 0.412 e. The van der Waals surface area contributed by atoms with Gasteiger partial charge >= 0.3 is 12.1 Å². The van der Waals surface area contributed by atoms with E-state index >= 15 is 0 Å². The first-order valence-corrected chi connectivity index (χ1v) is 9.59. The average molecular weight is 354 g/mol. The van der Waals surface area contributed by atoms with E-state index in [2.05, 4.69) is 34.6 Å². The van der Waals surface area contributed by atoms with Crippen molar-refractivity contribution >= 4 is 12.1 Å². The molecular formula is C20H35NO4. The third-order valence-corrected chi connectivity index (χ3v) is 7.13. The van der Waals surface area contributed by atoms with Crippen molar-refractivity contribution in [2.75, 3.05) is 13.8 Å². The fraction of sp³-hybridized carbons (Fsp3) is 0.900. The number of ether oxygens (including phenoxy) is 2. The van der Waals surface area contributed by atoms with E-state index in [1.165, 1.54) is 19.3 Å². The Morgan fingerprint density at radius 3 is 2.20 bits per heavy atom. The zero-order valence-corrected chi connectivity index (χ0v) is 16.9. The van der Waals surface area contributed by atoms with Gasteiger partial charge in [0, 0.05) is 7.05 Å². The van der Waals surface area contributed by atoms with Crippen molar-refractivity contribution in [3.8, 4) is 0 Å². The molecule has 1 amide bonds. The van der Waals surface area contributed by atoms with Crippen LogP contribution in [0.1, 0.15) is 67.2 Å². The van der Waals surface area contributed by atoms with E-state index in [9.17, 15) is 9.59 Å². The first-order chi connectivity index (χ1) is 11.5. The molecule has 0 aromatic heterocycles. The van der Waals surface area contributed by atoms with Gasteiger partial charge in [-0.05, 0) is 55.8 Å². The number of carbonyl (C=O) groups is 2. The molecule has 0 saturated heterocycles. The van der Waals surface area contributed by atoms with Gasteiger partial charge in [0.2, 0.25) is 6.79 Å². The topological polar surface area (TPSA) is 55.8 Å². The van der Waals surface area contributed by atoms with Crippen molar-refractivity contribution in [2.24, 2.45) is 29.1 Å². The van der Waals surface area contributed by atoms with Gasteiger partial charge < -0.3 is 14.4 Å². The number of carbonyl (C=O) groups excluding carboxylic acids is 2. The maximum atomic E-state index is 12.5. The molecule has 0 radical (unpaired) electrons. The van der Waals surface area contributed by atoms with Crippen molar-refractivity contribution < 1.29 is 19.1 Å². The molecule has 4 atom stereocenters. The van der Waals surface area contributed by atoms with Gasteiger partial charge in [-0.1, -0.05) is 34.6 Å². The minimum Gasteiger partial charge on any atom is -0.428 e. The Labute approximate surface area is 152 Å². The Morgan fingerprint density at radius 1 is 1.08 bits per heavy atom. The lowest BCUT2D eigenvalue weighted by Crippen LogP contribution is -2.59. The second-order valence-corrected chi connectivity index (χ2v) is 9.16. The smallest absolute Gasteiger partial charge is 0.412 e. The molecule has 0 aromatic rings. The minimum absolute atomic E-state index is 0.0616. The molecule has 0 heterocycles. The highest BCUT2D eigenvalue weighted by Gasteiger charge is 2.63. The predicted molar refractivity (Wildman–Crippen MR) is 96.8 cm³/mol. The molecule has 2 rings (SSSR count). The minimum atomic E-state index is -0.410. The lowest BCUT2D eigenvalue weighted by molar-refractivity contribution is -0.158. The van der Waals surface area contributed by atoms with Crippen molar-refractivity contribution in [1.82, 2.24) is 4.90 Å². The summed E-state index contributed by atoms with van der Waals surface area (Å²) in [5.74, 6) is 1.11. The van der Waals surface area contributed by atoms with E-state index in [1.807, 2.05) is 14.0 Å². The summed E-state index contributed by atoms with van der Waals surface area (Å²) in [5, 5.41) is 0. The van der Waals surface area contributed by atoms with E-state index < -0.39 is 6.09 Å². The number of fused-ring (bicyclic) bond motifs is 2. The summed E-state index contributed by atoms with van der Waals surface area (Å²) in [6, 6.07) is 0. The predicted octanol–water partition coefficient (Wildman–Crippen LogP) is 4.45. The lowest BCUT2D eigenvalue weighted by atomic mass is 9.63. The van der Waals surface area contributed by atoms with Gasteiger partial charge in [0.15, 0.2) is 0 Å². The molecule has 2 aliphatic carbocycles. The molecule has 0 aromatic carbocycles. The summed E-state index contributed by atoms with van der Waals surface area (Å²) in [7, 11) is 1.81. The Kier molecular flexibility index (Phi) is 5.75. The van der Waals surface area contributed by atoms with Crippen LogP contribution in [0.4, 0.5) is 4.79 Å². The van der Waals surface area contributed by atoms with Crippen molar-refractivity contribution in [3.63, 3.8) is 0 Å². The molecule has 2 saturated carbocycles. The summed E-state index contributed by atoms with van der Waals surface area (Å²) in [5.41, 5.74) is -0.159. The quantitative estimate of drug-likeness (QED) is 0.523. The molecule has 25 heavy (non-hydrogen) atoms. The molecule has 5 heteroatoms. The molecule has 0 N–H and O–H groups in total. The highest BCUT2D eigenvalue weighted by Crippen LogP contribution is 2.63. The maximum absolute atomic E-state index is 12.5. The van der Waals surface area contributed by atoms with E-state index in [1.54, 1.807) is 4.90 Å². The molecule has 0 spiro atoms. The van der Waals surface area contributed by atoms with E-state index in [0.717, 1.165) is 6.42 Å². The summed E-state index contributed by atoms with van der Waals surface area (Å²) in [6.07, 6.45) is 3.96. The molecule has 2 aliphatic rings. The lowest BCUT2D eigenvalue weighted by Gasteiger charge is -2.52. The van der Waals surface area contributed by atoms with Gasteiger partial charge in [0.05, 0.1) is 11.5 Å². The van der Waals surface area contributed by atoms with Crippen LogP contribution in [0, 0.1) is 29.1 Å². The van der Waals surface area contributed by atoms with Crippen molar-refractivity contribution in [1.29, 1.82) is 0 Å². The van der Waals surface area contributed by atoms with Gasteiger partial charge in [-0.15, -0.1) is 0 Å². The molecule has 0 aliphatic heterocycles. The zero-order chi connectivity index (χ0) is 19.0. The van der Waals surface area contributed by atoms with Gasteiger partial charge in [-0.2, -0.15) is 0 Å². The summed E-state index contributed by atoms with van der Waals surface area (Å²) < 4.78 is 10.4. The third-order valence-electron chi connectivity index (χ3n) is 7.13. The first kappa shape index (κ1) is 20.1. The number of esters is 1. The van der Waals surface area contributed by atoms with Gasteiger partial charge in [0.25, 0.3) is 0 Å². The van der Waals surface area contributed by atoms with Crippen LogP contribution in [0.15, 0.2) is 0 Å². The number of nitrogens with zero attached hydrogens (tertiary/aromatic N) is 1. The number of amides is 1. The van der Waals surface area contributed by atoms with E-state index in [-0.39, 0.29) is 29.6 Å². The standard InChI is InChI=1S/C20H35NO4/c1-13(2)10-14(3)17(22)24-12-25-18(23)21(7)20(6)16-9-8-15(11-16)19(20,4)5/h13-16H,8-12H2,1-7H3. The molecule has 144 valence electrons. The Morgan fingerprint density at radius 2 is 1.68 bits per heavy atom. The van der Waals surface area contributed by atoms with E-state index in [4.69, 9.17) is 9.47 Å². The van der Waals surface area contributed by atoms with Gasteiger partial charge in [-0.25, -0.2) is 4.79 Å². The SMILES string of the molecule is CC(C)CC(C)C(=O)OCOC(=O)N(C)C1(C)C2CCC(C2)C1(C)C. The zero-order valence-electron chi connectivity index (χ0n) is 16.9. The summed E-state index contributed by atoms with van der Waals surface area (Å²) in [6.45, 7) is 12.4. The third kappa shape index (κ3) is 3.52.